The minimum absolute atomic E-state index is 0.0387. The average molecular weight is 369 g/mol. The quantitative estimate of drug-likeness (QED) is 0.741. The summed E-state index contributed by atoms with van der Waals surface area (Å²) in [5, 5.41) is 8.29. The van der Waals surface area contributed by atoms with Gasteiger partial charge >= 0.3 is 0 Å². The minimum atomic E-state index is -0.0943. The van der Waals surface area contributed by atoms with Crippen molar-refractivity contribution in [3.63, 3.8) is 0 Å². The van der Waals surface area contributed by atoms with Gasteiger partial charge in [-0.05, 0) is 56.7 Å². The molecule has 0 radical (unpaired) electrons. The van der Waals surface area contributed by atoms with Gasteiger partial charge in [-0.25, -0.2) is 4.68 Å². The minimum Gasteiger partial charge on any atom is -0.349 e. The maximum atomic E-state index is 12.5. The Labute approximate surface area is 158 Å². The lowest BCUT2D eigenvalue weighted by Gasteiger charge is -2.14. The highest BCUT2D eigenvalue weighted by molar-refractivity contribution is 6.30. The van der Waals surface area contributed by atoms with Crippen LogP contribution < -0.4 is 5.32 Å². The van der Waals surface area contributed by atoms with E-state index in [1.165, 1.54) is 0 Å². The normalized spacial score (nSPS) is 12.0. The first-order chi connectivity index (χ1) is 12.5. The molecule has 134 valence electrons. The summed E-state index contributed by atoms with van der Waals surface area (Å²) in [6.07, 6.45) is 3.77. The van der Waals surface area contributed by atoms with Crippen LogP contribution in [0, 0.1) is 13.8 Å². The molecule has 1 amide bonds. The highest BCUT2D eigenvalue weighted by Crippen LogP contribution is 2.20. The molecule has 6 heteroatoms. The Morgan fingerprint density at radius 3 is 2.62 bits per heavy atom. The van der Waals surface area contributed by atoms with Gasteiger partial charge in [0.2, 0.25) is 5.91 Å². The van der Waals surface area contributed by atoms with Gasteiger partial charge < -0.3 is 5.32 Å². The molecule has 0 aliphatic rings. The third-order valence-corrected chi connectivity index (χ3v) is 4.66. The van der Waals surface area contributed by atoms with Crippen molar-refractivity contribution in [3.8, 4) is 5.69 Å². The number of pyridine rings is 1. The zero-order valence-corrected chi connectivity index (χ0v) is 15.8. The lowest BCUT2D eigenvalue weighted by Crippen LogP contribution is -2.28. The summed E-state index contributed by atoms with van der Waals surface area (Å²) in [6.45, 7) is 5.85. The first-order valence-corrected chi connectivity index (χ1v) is 8.84. The SMILES string of the molecule is Cc1nn(-c2ccc(Cl)cc2)c(C)c1CC(=O)N[C@@H](C)c1cccnc1. The van der Waals surface area contributed by atoms with Crippen molar-refractivity contribution in [3.05, 3.63) is 76.3 Å². The molecule has 0 bridgehead atoms. The Balaban J connectivity index is 1.75. The fourth-order valence-electron chi connectivity index (χ4n) is 2.93. The molecule has 2 heterocycles. The molecule has 5 nitrogen and oxygen atoms in total. The standard InChI is InChI=1S/C20H21ClN4O/c1-13(16-5-4-10-22-12-16)23-20(26)11-19-14(2)24-25(15(19)3)18-8-6-17(21)7-9-18/h4-10,12-13H,11H2,1-3H3,(H,23,26)/t13-/m0/s1. The molecule has 1 atom stereocenters. The number of benzene rings is 1. The summed E-state index contributed by atoms with van der Waals surface area (Å²) < 4.78 is 1.85. The van der Waals surface area contributed by atoms with Crippen LogP contribution in [-0.4, -0.2) is 20.7 Å². The Morgan fingerprint density at radius 1 is 1.23 bits per heavy atom. The number of nitrogens with one attached hydrogen (secondary N) is 1. The molecule has 26 heavy (non-hydrogen) atoms. The maximum Gasteiger partial charge on any atom is 0.225 e. The highest BCUT2D eigenvalue weighted by Gasteiger charge is 2.17. The average Bonchev–Trinajstić information content (AvgIpc) is 2.91. The van der Waals surface area contributed by atoms with Crippen molar-refractivity contribution < 1.29 is 4.79 Å². The molecular weight excluding hydrogens is 348 g/mol. The molecule has 1 aromatic carbocycles. The fraction of sp³-hybridized carbons (Fsp3) is 0.250. The van der Waals surface area contributed by atoms with Crippen LogP contribution in [0.2, 0.25) is 5.02 Å². The van der Waals surface area contributed by atoms with Gasteiger partial charge in [0.05, 0.1) is 23.8 Å². The molecule has 0 aliphatic heterocycles. The number of amides is 1. The first-order valence-electron chi connectivity index (χ1n) is 8.46. The van der Waals surface area contributed by atoms with Gasteiger partial charge in [0, 0.05) is 28.7 Å². The highest BCUT2D eigenvalue weighted by atomic mass is 35.5. The van der Waals surface area contributed by atoms with E-state index >= 15 is 0 Å². The number of halogens is 1. The second-order valence-corrected chi connectivity index (χ2v) is 6.73. The van der Waals surface area contributed by atoms with Crippen LogP contribution in [0.15, 0.2) is 48.8 Å². The van der Waals surface area contributed by atoms with E-state index in [2.05, 4.69) is 15.4 Å². The molecule has 0 aliphatic carbocycles. The summed E-state index contributed by atoms with van der Waals surface area (Å²) in [5.41, 5.74) is 4.64. The van der Waals surface area contributed by atoms with Gasteiger partial charge in [-0.2, -0.15) is 5.10 Å². The van der Waals surface area contributed by atoms with Crippen LogP contribution >= 0.6 is 11.6 Å². The van der Waals surface area contributed by atoms with E-state index < -0.39 is 0 Å². The molecule has 0 unspecified atom stereocenters. The fourth-order valence-corrected chi connectivity index (χ4v) is 3.06. The van der Waals surface area contributed by atoms with Crippen LogP contribution in [0.4, 0.5) is 0 Å². The van der Waals surface area contributed by atoms with Crippen LogP contribution in [-0.2, 0) is 11.2 Å². The van der Waals surface area contributed by atoms with Gasteiger partial charge in [-0.1, -0.05) is 17.7 Å². The Morgan fingerprint density at radius 2 is 1.96 bits per heavy atom. The molecule has 2 aromatic heterocycles. The van der Waals surface area contributed by atoms with E-state index in [0.717, 1.165) is 28.2 Å². The van der Waals surface area contributed by atoms with Crippen LogP contribution in [0.5, 0.6) is 0 Å². The number of aromatic nitrogens is 3. The first kappa shape index (κ1) is 18.1. The number of hydrogen-bond acceptors (Lipinski definition) is 3. The Kier molecular flexibility index (Phi) is 5.38. The van der Waals surface area contributed by atoms with Gasteiger partial charge in [0.15, 0.2) is 0 Å². The van der Waals surface area contributed by atoms with E-state index in [1.54, 1.807) is 12.4 Å². The van der Waals surface area contributed by atoms with Crippen molar-refractivity contribution in [2.24, 2.45) is 0 Å². The van der Waals surface area contributed by atoms with Crippen molar-refractivity contribution in [1.82, 2.24) is 20.1 Å². The second-order valence-electron chi connectivity index (χ2n) is 6.29. The summed E-state index contributed by atoms with van der Waals surface area (Å²) in [6, 6.07) is 11.2. The number of carbonyl (C=O) groups is 1. The van der Waals surface area contributed by atoms with E-state index in [-0.39, 0.29) is 18.4 Å². The number of carbonyl (C=O) groups excluding carboxylic acids is 1. The largest absolute Gasteiger partial charge is 0.349 e. The summed E-state index contributed by atoms with van der Waals surface area (Å²) in [4.78, 5) is 16.6. The number of rotatable bonds is 5. The lowest BCUT2D eigenvalue weighted by atomic mass is 10.1. The van der Waals surface area contributed by atoms with Crippen molar-refractivity contribution in [2.45, 2.75) is 33.2 Å². The maximum absolute atomic E-state index is 12.5. The molecule has 0 saturated heterocycles. The second kappa shape index (κ2) is 7.70. The molecular formula is C20H21ClN4O. The molecule has 0 fully saturated rings. The van der Waals surface area contributed by atoms with E-state index in [0.29, 0.717) is 5.02 Å². The lowest BCUT2D eigenvalue weighted by molar-refractivity contribution is -0.121. The molecule has 0 spiro atoms. The van der Waals surface area contributed by atoms with Gasteiger partial charge in [0.1, 0.15) is 0 Å². The van der Waals surface area contributed by atoms with Crippen LogP contribution in [0.25, 0.3) is 5.69 Å². The van der Waals surface area contributed by atoms with Crippen LogP contribution in [0.1, 0.15) is 35.5 Å². The van der Waals surface area contributed by atoms with Crippen molar-refractivity contribution >= 4 is 17.5 Å². The van der Waals surface area contributed by atoms with Crippen molar-refractivity contribution in [2.75, 3.05) is 0 Å². The third kappa shape index (κ3) is 3.94. The van der Waals surface area contributed by atoms with Gasteiger partial charge in [-0.15, -0.1) is 0 Å². The molecule has 0 saturated carbocycles. The van der Waals surface area contributed by atoms with Gasteiger partial charge in [0.25, 0.3) is 0 Å². The Bertz CT molecular complexity index is 904. The number of aryl methyl sites for hydroxylation is 1. The smallest absolute Gasteiger partial charge is 0.225 e. The zero-order valence-electron chi connectivity index (χ0n) is 15.0. The monoisotopic (exact) mass is 368 g/mol. The topological polar surface area (TPSA) is 59.8 Å². The van der Waals surface area contributed by atoms with Crippen molar-refractivity contribution in [1.29, 1.82) is 0 Å². The third-order valence-electron chi connectivity index (χ3n) is 4.41. The van der Waals surface area contributed by atoms with E-state index in [1.807, 2.05) is 61.9 Å². The van der Waals surface area contributed by atoms with E-state index in [9.17, 15) is 4.79 Å². The van der Waals surface area contributed by atoms with E-state index in [4.69, 9.17) is 11.6 Å². The predicted molar refractivity (Wildman–Crippen MR) is 103 cm³/mol. The molecule has 3 aromatic rings. The molecule has 3 rings (SSSR count). The molecule has 1 N–H and O–H groups in total. The zero-order chi connectivity index (χ0) is 18.7. The van der Waals surface area contributed by atoms with Crippen LogP contribution in [0.3, 0.4) is 0 Å². The number of nitrogens with zero attached hydrogens (tertiary/aromatic N) is 3. The summed E-state index contributed by atoms with van der Waals surface area (Å²) in [7, 11) is 0. The number of hydrogen-bond donors (Lipinski definition) is 1. The summed E-state index contributed by atoms with van der Waals surface area (Å²) >= 11 is 5.96. The Hall–Kier alpha value is -2.66. The van der Waals surface area contributed by atoms with Gasteiger partial charge in [-0.3, -0.25) is 9.78 Å². The predicted octanol–water partition coefficient (Wildman–Crippen LogP) is 3.96. The summed E-state index contributed by atoms with van der Waals surface area (Å²) in [5.74, 6) is -0.0387.